The van der Waals surface area contributed by atoms with Crippen molar-refractivity contribution in [2.45, 2.75) is 6.92 Å². The van der Waals surface area contributed by atoms with Crippen LogP contribution in [0.4, 0.5) is 0 Å². The molecule has 0 aliphatic rings. The van der Waals surface area contributed by atoms with Crippen LogP contribution in [0.2, 0.25) is 5.02 Å². The summed E-state index contributed by atoms with van der Waals surface area (Å²) in [5.41, 5.74) is 4.51. The highest BCUT2D eigenvalue weighted by Gasteiger charge is 2.14. The molecule has 0 bridgehead atoms. The average Bonchev–Trinajstić information content (AvgIpc) is 3.26. The van der Waals surface area contributed by atoms with Crippen molar-refractivity contribution in [2.24, 2.45) is 0 Å². The average molecular weight is 361 g/mol. The molecule has 3 heterocycles. The molecule has 6 nitrogen and oxygen atoms in total. The Hall–Kier alpha value is -3.25. The summed E-state index contributed by atoms with van der Waals surface area (Å²) in [5.74, 6) is 0.665. The van der Waals surface area contributed by atoms with Crippen molar-refractivity contribution in [1.82, 2.24) is 29.4 Å². The van der Waals surface area contributed by atoms with Gasteiger partial charge in [-0.1, -0.05) is 41.4 Å². The number of fused-ring (bicyclic) bond motifs is 3. The van der Waals surface area contributed by atoms with Gasteiger partial charge in [0.1, 0.15) is 6.33 Å². The second-order valence-electron chi connectivity index (χ2n) is 6.08. The topological polar surface area (TPSA) is 60.9 Å². The predicted molar refractivity (Wildman–Crippen MR) is 101 cm³/mol. The van der Waals surface area contributed by atoms with Gasteiger partial charge in [0.05, 0.1) is 17.3 Å². The molecule has 0 saturated heterocycles. The van der Waals surface area contributed by atoms with Crippen LogP contribution in [-0.4, -0.2) is 29.4 Å². The maximum absolute atomic E-state index is 5.97. The SMILES string of the molecule is Cc1ccc(-c2nc3c4cnn(-c5ccc(Cl)cc5)c4ncn3n2)cc1. The first kappa shape index (κ1) is 15.0. The number of hydrogen-bond donors (Lipinski definition) is 0. The van der Waals surface area contributed by atoms with Gasteiger partial charge in [0.15, 0.2) is 17.1 Å². The second-order valence-corrected chi connectivity index (χ2v) is 6.52. The van der Waals surface area contributed by atoms with E-state index < -0.39 is 0 Å². The Labute approximate surface area is 153 Å². The molecule has 0 atom stereocenters. The number of benzene rings is 2. The fourth-order valence-corrected chi connectivity index (χ4v) is 3.04. The lowest BCUT2D eigenvalue weighted by Gasteiger charge is -2.02. The standard InChI is InChI=1S/C19H13ClN6/c1-12-2-4-13(5-3-12)17-23-19-16-10-22-26(15-8-6-14(20)7-9-15)18(16)21-11-25(19)24-17/h2-11H,1H3. The molecule has 26 heavy (non-hydrogen) atoms. The molecule has 0 aliphatic carbocycles. The Morgan fingerprint density at radius 3 is 2.46 bits per heavy atom. The zero-order chi connectivity index (χ0) is 17.7. The van der Waals surface area contributed by atoms with Gasteiger partial charge in [-0.15, -0.1) is 5.10 Å². The van der Waals surface area contributed by atoms with Crippen LogP contribution in [0.1, 0.15) is 5.56 Å². The molecule has 0 spiro atoms. The quantitative estimate of drug-likeness (QED) is 0.475. The monoisotopic (exact) mass is 360 g/mol. The fraction of sp³-hybridized carbons (Fsp3) is 0.0526. The van der Waals surface area contributed by atoms with Crippen molar-refractivity contribution in [3.63, 3.8) is 0 Å². The summed E-state index contributed by atoms with van der Waals surface area (Å²) in [6.07, 6.45) is 3.43. The van der Waals surface area contributed by atoms with Gasteiger partial charge in [0.2, 0.25) is 0 Å². The van der Waals surface area contributed by atoms with Gasteiger partial charge in [-0.25, -0.2) is 19.2 Å². The normalized spacial score (nSPS) is 11.5. The molecule has 0 aliphatic heterocycles. The minimum atomic E-state index is 0.665. The molecule has 0 N–H and O–H groups in total. The van der Waals surface area contributed by atoms with Crippen LogP contribution >= 0.6 is 11.6 Å². The fourth-order valence-electron chi connectivity index (χ4n) is 2.92. The Morgan fingerprint density at radius 1 is 0.923 bits per heavy atom. The minimum Gasteiger partial charge on any atom is -0.216 e. The number of halogens is 1. The summed E-state index contributed by atoms with van der Waals surface area (Å²) in [4.78, 5) is 9.22. The summed E-state index contributed by atoms with van der Waals surface area (Å²) in [6, 6.07) is 15.6. The molecule has 0 saturated carbocycles. The smallest absolute Gasteiger partial charge is 0.182 e. The molecule has 0 fully saturated rings. The van der Waals surface area contributed by atoms with E-state index in [0.29, 0.717) is 10.8 Å². The number of nitrogens with zero attached hydrogens (tertiary/aromatic N) is 6. The number of aryl methyl sites for hydroxylation is 1. The second kappa shape index (κ2) is 5.64. The zero-order valence-corrected chi connectivity index (χ0v) is 14.6. The molecule has 0 amide bonds. The highest BCUT2D eigenvalue weighted by atomic mass is 35.5. The van der Waals surface area contributed by atoms with Crippen molar-refractivity contribution in [3.8, 4) is 17.1 Å². The molecule has 5 aromatic rings. The largest absolute Gasteiger partial charge is 0.216 e. The molecule has 2 aromatic carbocycles. The summed E-state index contributed by atoms with van der Waals surface area (Å²) >= 11 is 5.97. The molecule has 7 heteroatoms. The van der Waals surface area contributed by atoms with Gasteiger partial charge < -0.3 is 0 Å². The van der Waals surface area contributed by atoms with Crippen molar-refractivity contribution >= 4 is 28.3 Å². The Morgan fingerprint density at radius 2 is 1.69 bits per heavy atom. The molecule has 126 valence electrons. The highest BCUT2D eigenvalue weighted by molar-refractivity contribution is 6.30. The summed E-state index contributed by atoms with van der Waals surface area (Å²) in [7, 11) is 0. The molecular formula is C19H13ClN6. The molecule has 0 unspecified atom stereocenters. The molecular weight excluding hydrogens is 348 g/mol. The van der Waals surface area contributed by atoms with Gasteiger partial charge in [0, 0.05) is 10.6 Å². The minimum absolute atomic E-state index is 0.665. The highest BCUT2D eigenvalue weighted by Crippen LogP contribution is 2.23. The Bertz CT molecular complexity index is 1240. The van der Waals surface area contributed by atoms with Crippen LogP contribution < -0.4 is 0 Å². The van der Waals surface area contributed by atoms with E-state index in [-0.39, 0.29) is 0 Å². The van der Waals surface area contributed by atoms with E-state index in [1.165, 1.54) is 5.56 Å². The van der Waals surface area contributed by atoms with E-state index in [2.05, 4.69) is 22.1 Å². The van der Waals surface area contributed by atoms with Gasteiger partial charge in [-0.2, -0.15) is 5.10 Å². The van der Waals surface area contributed by atoms with Crippen LogP contribution in [0.3, 0.4) is 0 Å². The third-order valence-electron chi connectivity index (χ3n) is 4.29. The van der Waals surface area contributed by atoms with E-state index in [9.17, 15) is 0 Å². The third-order valence-corrected chi connectivity index (χ3v) is 4.54. The van der Waals surface area contributed by atoms with Crippen LogP contribution in [0, 0.1) is 6.92 Å². The first-order valence-corrected chi connectivity index (χ1v) is 8.49. The van der Waals surface area contributed by atoms with E-state index >= 15 is 0 Å². The zero-order valence-electron chi connectivity index (χ0n) is 13.8. The summed E-state index contributed by atoms with van der Waals surface area (Å²) < 4.78 is 3.46. The maximum Gasteiger partial charge on any atom is 0.182 e. The summed E-state index contributed by atoms with van der Waals surface area (Å²) in [6.45, 7) is 2.06. The van der Waals surface area contributed by atoms with E-state index in [4.69, 9.17) is 16.6 Å². The Kier molecular flexibility index (Phi) is 3.26. The van der Waals surface area contributed by atoms with Gasteiger partial charge >= 0.3 is 0 Å². The molecule has 5 rings (SSSR count). The van der Waals surface area contributed by atoms with Crippen molar-refractivity contribution in [2.75, 3.05) is 0 Å². The van der Waals surface area contributed by atoms with Crippen LogP contribution in [-0.2, 0) is 0 Å². The van der Waals surface area contributed by atoms with Crippen molar-refractivity contribution < 1.29 is 0 Å². The Balaban J connectivity index is 1.68. The number of hydrogen-bond acceptors (Lipinski definition) is 4. The predicted octanol–water partition coefficient (Wildman–Crippen LogP) is 4.09. The van der Waals surface area contributed by atoms with E-state index in [0.717, 1.165) is 27.9 Å². The first-order valence-electron chi connectivity index (χ1n) is 8.11. The van der Waals surface area contributed by atoms with E-state index in [1.807, 2.05) is 48.5 Å². The summed E-state index contributed by atoms with van der Waals surface area (Å²) in [5, 5.41) is 10.5. The molecule has 3 aromatic heterocycles. The van der Waals surface area contributed by atoms with Crippen LogP contribution in [0.25, 0.3) is 33.8 Å². The maximum atomic E-state index is 5.97. The molecule has 0 radical (unpaired) electrons. The van der Waals surface area contributed by atoms with Gasteiger partial charge in [-0.05, 0) is 31.2 Å². The van der Waals surface area contributed by atoms with Crippen molar-refractivity contribution in [3.05, 3.63) is 71.6 Å². The number of rotatable bonds is 2. The lowest BCUT2D eigenvalue weighted by molar-refractivity contribution is 0.882. The third kappa shape index (κ3) is 2.34. The van der Waals surface area contributed by atoms with Gasteiger partial charge in [-0.3, -0.25) is 0 Å². The lowest BCUT2D eigenvalue weighted by atomic mass is 10.1. The van der Waals surface area contributed by atoms with Gasteiger partial charge in [0.25, 0.3) is 0 Å². The van der Waals surface area contributed by atoms with Crippen molar-refractivity contribution in [1.29, 1.82) is 0 Å². The van der Waals surface area contributed by atoms with Crippen LogP contribution in [0.15, 0.2) is 61.1 Å². The number of aromatic nitrogens is 6. The lowest BCUT2D eigenvalue weighted by Crippen LogP contribution is -1.98. The first-order chi connectivity index (χ1) is 12.7. The van der Waals surface area contributed by atoms with E-state index in [1.54, 1.807) is 21.7 Å². The van der Waals surface area contributed by atoms with Crippen LogP contribution in [0.5, 0.6) is 0 Å².